The molecule has 4 unspecified atom stereocenters. The summed E-state index contributed by atoms with van der Waals surface area (Å²) >= 11 is 12.5. The molecule has 1 N–H and O–H groups in total. The van der Waals surface area contributed by atoms with Gasteiger partial charge < -0.3 is 14.7 Å². The van der Waals surface area contributed by atoms with Gasteiger partial charge in [-0.1, -0.05) is 47.5 Å². The summed E-state index contributed by atoms with van der Waals surface area (Å²) in [5.74, 6) is -2.87. The van der Waals surface area contributed by atoms with Gasteiger partial charge in [-0.2, -0.15) is 0 Å². The number of rotatable bonds is 8. The van der Waals surface area contributed by atoms with Crippen molar-refractivity contribution in [1.29, 1.82) is 0 Å². The van der Waals surface area contributed by atoms with Gasteiger partial charge in [-0.25, -0.2) is 4.79 Å². The van der Waals surface area contributed by atoms with Crippen molar-refractivity contribution in [2.24, 2.45) is 11.8 Å². The number of likely N-dealkylation sites (tertiary alicyclic amines) is 1. The number of esters is 1. The lowest BCUT2D eigenvalue weighted by molar-refractivity contribution is -0.164. The fraction of sp³-hybridized carbons (Fsp3) is 0.423. The van der Waals surface area contributed by atoms with Crippen molar-refractivity contribution in [1.82, 2.24) is 4.90 Å². The zero-order chi connectivity index (χ0) is 24.4. The van der Waals surface area contributed by atoms with Gasteiger partial charge in [-0.15, -0.1) is 0 Å². The Balaban J connectivity index is 1.88. The van der Waals surface area contributed by atoms with Crippen molar-refractivity contribution in [3.63, 3.8) is 0 Å². The molecule has 4 rings (SSSR count). The van der Waals surface area contributed by atoms with Gasteiger partial charge in [-0.3, -0.25) is 9.59 Å². The van der Waals surface area contributed by atoms with Gasteiger partial charge in [0.2, 0.25) is 5.91 Å². The first-order chi connectivity index (χ1) is 16.3. The monoisotopic (exact) mass is 503 g/mol. The number of aliphatic carboxylic acids is 1. The SMILES string of the molecule is CCOC(=O)C(C1CC1)N1C(=O)C(CC(=O)O)CC(c2cccc(Cl)c2)C1c1ccc(Cl)cc1. The maximum absolute atomic E-state index is 13.8. The quantitative estimate of drug-likeness (QED) is 0.481. The fourth-order valence-corrected chi connectivity index (χ4v) is 5.38. The topological polar surface area (TPSA) is 83.9 Å². The zero-order valence-corrected chi connectivity index (χ0v) is 20.3. The van der Waals surface area contributed by atoms with Crippen LogP contribution in [-0.2, 0) is 19.1 Å². The van der Waals surface area contributed by atoms with Crippen LogP contribution in [0.5, 0.6) is 0 Å². The summed E-state index contributed by atoms with van der Waals surface area (Å²) < 4.78 is 5.40. The van der Waals surface area contributed by atoms with Crippen molar-refractivity contribution < 1.29 is 24.2 Å². The van der Waals surface area contributed by atoms with Crippen LogP contribution < -0.4 is 0 Å². The summed E-state index contributed by atoms with van der Waals surface area (Å²) in [4.78, 5) is 40.3. The Morgan fingerprint density at radius 2 is 1.79 bits per heavy atom. The highest BCUT2D eigenvalue weighted by atomic mass is 35.5. The van der Waals surface area contributed by atoms with Crippen LogP contribution in [-0.4, -0.2) is 40.5 Å². The minimum absolute atomic E-state index is 0.0126. The van der Waals surface area contributed by atoms with Crippen molar-refractivity contribution in [2.75, 3.05) is 6.61 Å². The lowest BCUT2D eigenvalue weighted by atomic mass is 9.74. The molecule has 0 spiro atoms. The number of hydrogen-bond acceptors (Lipinski definition) is 4. The number of benzene rings is 2. The summed E-state index contributed by atoms with van der Waals surface area (Å²) in [7, 11) is 0. The molecule has 0 bridgehead atoms. The summed E-state index contributed by atoms with van der Waals surface area (Å²) in [5.41, 5.74) is 1.71. The highest BCUT2D eigenvalue weighted by Crippen LogP contribution is 2.50. The fourth-order valence-electron chi connectivity index (χ4n) is 5.05. The third kappa shape index (κ3) is 5.23. The number of hydrogen-bond donors (Lipinski definition) is 1. The van der Waals surface area contributed by atoms with Gasteiger partial charge in [0.25, 0.3) is 0 Å². The van der Waals surface area contributed by atoms with Crippen molar-refractivity contribution in [3.05, 3.63) is 69.7 Å². The highest BCUT2D eigenvalue weighted by molar-refractivity contribution is 6.30. The highest BCUT2D eigenvalue weighted by Gasteiger charge is 2.52. The van der Waals surface area contributed by atoms with Crippen molar-refractivity contribution >= 4 is 41.0 Å². The second kappa shape index (κ2) is 10.4. The van der Waals surface area contributed by atoms with Crippen LogP contribution >= 0.6 is 23.2 Å². The first kappa shape index (κ1) is 24.6. The van der Waals surface area contributed by atoms with Crippen molar-refractivity contribution in [2.45, 2.75) is 50.6 Å². The summed E-state index contributed by atoms with van der Waals surface area (Å²) in [6.45, 7) is 1.94. The van der Waals surface area contributed by atoms with Gasteiger partial charge in [0.15, 0.2) is 0 Å². The van der Waals surface area contributed by atoms with Gasteiger partial charge in [0.1, 0.15) is 6.04 Å². The van der Waals surface area contributed by atoms with E-state index in [-0.39, 0.29) is 30.8 Å². The molecule has 4 atom stereocenters. The lowest BCUT2D eigenvalue weighted by Gasteiger charge is -2.47. The Labute approximate surface area is 208 Å². The van der Waals surface area contributed by atoms with Crippen LogP contribution in [0.25, 0.3) is 0 Å². The van der Waals surface area contributed by atoms with Gasteiger partial charge >= 0.3 is 11.9 Å². The molecule has 2 aliphatic rings. The Bertz CT molecular complexity index is 1070. The largest absolute Gasteiger partial charge is 0.481 e. The third-order valence-electron chi connectivity index (χ3n) is 6.63. The number of carbonyl (C=O) groups is 3. The molecule has 1 saturated heterocycles. The van der Waals surface area contributed by atoms with Gasteiger partial charge in [0, 0.05) is 21.9 Å². The average Bonchev–Trinajstić information content (AvgIpc) is 3.62. The van der Waals surface area contributed by atoms with Crippen LogP contribution in [0.15, 0.2) is 48.5 Å². The van der Waals surface area contributed by atoms with E-state index >= 15 is 0 Å². The van der Waals surface area contributed by atoms with Crippen LogP contribution in [0.1, 0.15) is 55.7 Å². The standard InChI is InChI=1S/C26H27Cl2NO5/c1-2-34-26(33)24(16-6-7-16)29-23(15-8-10-19(27)11-9-15)21(17-4-3-5-20(28)12-17)13-18(25(29)32)14-22(30)31/h3-5,8-12,16,18,21,23-24H,2,6-7,13-14H2,1H3,(H,30,31). The molecular formula is C26H27Cl2NO5. The minimum Gasteiger partial charge on any atom is -0.481 e. The first-order valence-corrected chi connectivity index (χ1v) is 12.3. The number of carbonyl (C=O) groups excluding carboxylic acids is 2. The Kier molecular flexibility index (Phi) is 7.48. The summed E-state index contributed by atoms with van der Waals surface area (Å²) in [6.07, 6.45) is 1.65. The molecule has 0 radical (unpaired) electrons. The van der Waals surface area contributed by atoms with E-state index < -0.39 is 29.9 Å². The second-order valence-corrected chi connectivity index (χ2v) is 9.84. The molecule has 34 heavy (non-hydrogen) atoms. The van der Waals surface area contributed by atoms with Crippen molar-refractivity contribution in [3.8, 4) is 0 Å². The second-order valence-electron chi connectivity index (χ2n) is 8.97. The predicted octanol–water partition coefficient (Wildman–Crippen LogP) is 5.48. The van der Waals surface area contributed by atoms with E-state index in [2.05, 4.69) is 0 Å². The molecule has 2 aromatic rings. The smallest absolute Gasteiger partial charge is 0.329 e. The van der Waals surface area contributed by atoms with Crippen LogP contribution in [0.3, 0.4) is 0 Å². The summed E-state index contributed by atoms with van der Waals surface area (Å²) in [6, 6.07) is 13.4. The first-order valence-electron chi connectivity index (χ1n) is 11.5. The molecule has 2 fully saturated rings. The zero-order valence-electron chi connectivity index (χ0n) is 18.8. The molecule has 1 amide bonds. The normalized spacial score (nSPS) is 23.4. The molecule has 1 heterocycles. The predicted molar refractivity (Wildman–Crippen MR) is 129 cm³/mol. The molecular weight excluding hydrogens is 477 g/mol. The Hall–Kier alpha value is -2.57. The van der Waals surface area contributed by atoms with Crippen LogP contribution in [0.2, 0.25) is 10.0 Å². The Morgan fingerprint density at radius 1 is 1.09 bits per heavy atom. The molecule has 1 saturated carbocycles. The van der Waals surface area contributed by atoms with E-state index in [9.17, 15) is 19.5 Å². The van der Waals surface area contributed by atoms with E-state index in [0.29, 0.717) is 16.5 Å². The van der Waals surface area contributed by atoms with E-state index in [1.807, 2.05) is 30.3 Å². The number of amides is 1. The third-order valence-corrected chi connectivity index (χ3v) is 7.12. The number of piperidine rings is 1. The van der Waals surface area contributed by atoms with Gasteiger partial charge in [0.05, 0.1) is 19.1 Å². The van der Waals surface area contributed by atoms with Crippen LogP contribution in [0.4, 0.5) is 0 Å². The molecule has 180 valence electrons. The molecule has 8 heteroatoms. The number of carboxylic acids is 1. The maximum atomic E-state index is 13.8. The number of nitrogens with zero attached hydrogens (tertiary/aromatic N) is 1. The Morgan fingerprint density at radius 3 is 2.38 bits per heavy atom. The molecule has 2 aromatic carbocycles. The number of ether oxygens (including phenoxy) is 1. The van der Waals surface area contributed by atoms with E-state index in [1.165, 1.54) is 0 Å². The molecule has 1 aliphatic heterocycles. The minimum atomic E-state index is -1.05. The lowest BCUT2D eigenvalue weighted by Crippen LogP contribution is -2.55. The number of carboxylic acid groups (broad SMARTS) is 1. The average molecular weight is 504 g/mol. The maximum Gasteiger partial charge on any atom is 0.329 e. The number of halogens is 2. The molecule has 0 aromatic heterocycles. The van der Waals surface area contributed by atoms with Gasteiger partial charge in [-0.05, 0) is 67.5 Å². The van der Waals surface area contributed by atoms with E-state index in [1.54, 1.807) is 30.0 Å². The molecule has 6 nitrogen and oxygen atoms in total. The molecule has 1 aliphatic carbocycles. The van der Waals surface area contributed by atoms with E-state index in [0.717, 1.165) is 24.0 Å². The summed E-state index contributed by atoms with van der Waals surface area (Å²) in [5, 5.41) is 10.7. The van der Waals surface area contributed by atoms with Crippen LogP contribution in [0, 0.1) is 11.8 Å². The van der Waals surface area contributed by atoms with E-state index in [4.69, 9.17) is 27.9 Å².